The summed E-state index contributed by atoms with van der Waals surface area (Å²) in [5.74, 6) is 1.20. The molecule has 2 fully saturated rings. The average Bonchev–Trinajstić information content (AvgIpc) is 3.27. The van der Waals surface area contributed by atoms with E-state index >= 15 is 0 Å². The van der Waals surface area contributed by atoms with Gasteiger partial charge in [-0.1, -0.05) is 11.2 Å². The summed E-state index contributed by atoms with van der Waals surface area (Å²) in [7, 11) is 0. The quantitative estimate of drug-likeness (QED) is 0.444. The molecule has 1 heterocycles. The number of alkyl halides is 2. The third-order valence-corrected chi connectivity index (χ3v) is 4.41. The van der Waals surface area contributed by atoms with Crippen LogP contribution in [0.15, 0.2) is 23.3 Å². The predicted octanol–water partition coefficient (Wildman–Crippen LogP) is 3.83. The molecule has 2 aliphatic rings. The van der Waals surface area contributed by atoms with Crippen LogP contribution in [-0.2, 0) is 0 Å². The van der Waals surface area contributed by atoms with Crippen molar-refractivity contribution in [3.05, 3.63) is 34.2 Å². The van der Waals surface area contributed by atoms with E-state index in [2.05, 4.69) is 20.1 Å². The molecule has 24 heavy (non-hydrogen) atoms. The zero-order valence-electron chi connectivity index (χ0n) is 13.2. The molecule has 0 bridgehead atoms. The number of hydrogen-bond donors (Lipinski definition) is 1. The molecule has 3 rings (SSSR count). The van der Waals surface area contributed by atoms with Crippen LogP contribution in [0, 0.1) is 5.92 Å². The van der Waals surface area contributed by atoms with Crippen molar-refractivity contribution in [1.82, 2.24) is 5.32 Å². The maximum atomic E-state index is 12.6. The first-order valence-corrected chi connectivity index (χ1v) is 8.11. The van der Waals surface area contributed by atoms with E-state index in [1.54, 1.807) is 18.2 Å². The van der Waals surface area contributed by atoms with Crippen LogP contribution in [0.4, 0.5) is 8.78 Å². The number of nitrogens with one attached hydrogen (secondary N) is 1. The maximum absolute atomic E-state index is 12.6. The highest BCUT2D eigenvalue weighted by atomic mass is 19.3. The Labute approximate surface area is 138 Å². The molecule has 0 amide bonds. The second-order valence-electron chi connectivity index (χ2n) is 6.29. The van der Waals surface area contributed by atoms with Crippen LogP contribution in [0.5, 0.6) is 11.5 Å². The van der Waals surface area contributed by atoms with Crippen molar-refractivity contribution in [3.63, 3.8) is 0 Å². The van der Waals surface area contributed by atoms with Crippen LogP contribution in [0.2, 0.25) is 0 Å². The molecule has 1 aromatic rings. The first kappa shape index (κ1) is 16.8. The summed E-state index contributed by atoms with van der Waals surface area (Å²) in [5.41, 5.74) is 9.41. The van der Waals surface area contributed by atoms with Crippen molar-refractivity contribution in [1.29, 1.82) is 0 Å². The highest BCUT2D eigenvalue weighted by molar-refractivity contribution is 5.44. The molecule has 1 saturated heterocycles. The van der Waals surface area contributed by atoms with Gasteiger partial charge in [-0.3, -0.25) is 0 Å². The molecule has 0 aromatic heterocycles. The smallest absolute Gasteiger partial charge is 0.387 e. The van der Waals surface area contributed by atoms with E-state index in [-0.39, 0.29) is 17.7 Å². The highest BCUT2D eigenvalue weighted by Crippen LogP contribution is 2.37. The highest BCUT2D eigenvalue weighted by Gasteiger charge is 2.27. The van der Waals surface area contributed by atoms with Crippen molar-refractivity contribution < 1.29 is 18.3 Å². The molecule has 0 spiro atoms. The second kappa shape index (κ2) is 7.68. The Bertz CT molecular complexity index is 618. The average molecular weight is 338 g/mol. The van der Waals surface area contributed by atoms with Gasteiger partial charge in [0.1, 0.15) is 0 Å². The van der Waals surface area contributed by atoms with Gasteiger partial charge < -0.3 is 14.8 Å². The minimum atomic E-state index is -2.87. The molecular weight excluding hydrogens is 318 g/mol. The summed E-state index contributed by atoms with van der Waals surface area (Å²) >= 11 is 0. The van der Waals surface area contributed by atoms with E-state index in [1.165, 1.54) is 0 Å². The van der Waals surface area contributed by atoms with Gasteiger partial charge in [0.05, 0.1) is 6.61 Å². The van der Waals surface area contributed by atoms with Crippen LogP contribution >= 0.6 is 0 Å². The summed E-state index contributed by atoms with van der Waals surface area (Å²) < 4.78 is 35.4. The first-order chi connectivity index (χ1) is 11.7. The van der Waals surface area contributed by atoms with Crippen LogP contribution in [-0.4, -0.2) is 32.3 Å². The molecular formula is C16H20F2N4O2. The molecule has 6 nitrogen and oxygen atoms in total. The van der Waals surface area contributed by atoms with Crippen LogP contribution < -0.4 is 14.8 Å². The molecule has 1 unspecified atom stereocenters. The minimum Gasteiger partial charge on any atom is -0.489 e. The Morgan fingerprint density at radius 2 is 2.17 bits per heavy atom. The summed E-state index contributed by atoms with van der Waals surface area (Å²) in [6.45, 7) is -1.18. The Hall–Kier alpha value is -2.05. The first-order valence-electron chi connectivity index (χ1n) is 8.11. The van der Waals surface area contributed by atoms with Gasteiger partial charge in [0.2, 0.25) is 0 Å². The Morgan fingerprint density at radius 1 is 1.33 bits per heavy atom. The Balaban J connectivity index is 1.70. The number of benzene rings is 1. The van der Waals surface area contributed by atoms with E-state index in [0.29, 0.717) is 24.8 Å². The normalized spacial score (nSPS) is 23.1. The van der Waals surface area contributed by atoms with Gasteiger partial charge in [-0.05, 0) is 54.3 Å². The fourth-order valence-corrected chi connectivity index (χ4v) is 2.92. The van der Waals surface area contributed by atoms with E-state index in [0.717, 1.165) is 31.4 Å². The van der Waals surface area contributed by atoms with Crippen molar-refractivity contribution >= 4 is 0 Å². The predicted molar refractivity (Wildman–Crippen MR) is 84.5 cm³/mol. The van der Waals surface area contributed by atoms with Crippen LogP contribution in [0.25, 0.3) is 10.4 Å². The van der Waals surface area contributed by atoms with Gasteiger partial charge in [-0.15, -0.1) is 0 Å². The van der Waals surface area contributed by atoms with Gasteiger partial charge in [0.15, 0.2) is 11.5 Å². The number of ether oxygens (including phenoxy) is 2. The maximum Gasteiger partial charge on any atom is 0.387 e. The zero-order chi connectivity index (χ0) is 16.9. The number of halogens is 2. The fourth-order valence-electron chi connectivity index (χ4n) is 2.92. The second-order valence-corrected chi connectivity index (χ2v) is 6.29. The molecule has 8 heteroatoms. The lowest BCUT2D eigenvalue weighted by Crippen LogP contribution is -2.23. The number of hydrogen-bond acceptors (Lipinski definition) is 4. The van der Waals surface area contributed by atoms with E-state index < -0.39 is 6.61 Å². The number of azide groups is 1. The Morgan fingerprint density at radius 3 is 2.88 bits per heavy atom. The number of rotatable bonds is 8. The fraction of sp³-hybridized carbons (Fsp3) is 0.625. The van der Waals surface area contributed by atoms with Gasteiger partial charge in [-0.25, -0.2) is 0 Å². The lowest BCUT2D eigenvalue weighted by molar-refractivity contribution is -0.0515. The number of nitrogens with zero attached hydrogens (tertiary/aromatic N) is 3. The van der Waals surface area contributed by atoms with Gasteiger partial charge in [-0.2, -0.15) is 8.78 Å². The SMILES string of the molecule is [N-]=[N+]=NC[C@@H]1CC(c2ccc(OC(F)F)c(OCC3CC3)c2)CN1. The van der Waals surface area contributed by atoms with Crippen molar-refractivity contribution in [2.24, 2.45) is 11.0 Å². The van der Waals surface area contributed by atoms with Crippen molar-refractivity contribution in [2.75, 3.05) is 19.7 Å². The molecule has 1 aromatic carbocycles. The molecule has 1 aliphatic heterocycles. The van der Waals surface area contributed by atoms with Gasteiger partial charge >= 0.3 is 6.61 Å². The third-order valence-electron chi connectivity index (χ3n) is 4.41. The Kier molecular flexibility index (Phi) is 5.37. The van der Waals surface area contributed by atoms with Crippen LogP contribution in [0.3, 0.4) is 0 Å². The molecule has 1 saturated carbocycles. The van der Waals surface area contributed by atoms with Crippen LogP contribution in [0.1, 0.15) is 30.7 Å². The van der Waals surface area contributed by atoms with Crippen molar-refractivity contribution in [3.8, 4) is 11.5 Å². The summed E-state index contributed by atoms with van der Waals surface area (Å²) in [5, 5.41) is 6.90. The topological polar surface area (TPSA) is 79.3 Å². The van der Waals surface area contributed by atoms with E-state index in [1.807, 2.05) is 0 Å². The lowest BCUT2D eigenvalue weighted by atomic mass is 9.96. The largest absolute Gasteiger partial charge is 0.489 e. The monoisotopic (exact) mass is 338 g/mol. The standard InChI is InChI=1S/C16H20F2N4O2/c17-16(18)24-14-4-3-11(6-15(14)23-9-10-1-2-10)12-5-13(20-7-12)8-21-22-19/h3-4,6,10,12-13,16,20H,1-2,5,7-9H2/t12?,13-/m0/s1. The molecule has 0 radical (unpaired) electrons. The minimum absolute atomic E-state index is 0.0750. The third kappa shape index (κ3) is 4.49. The van der Waals surface area contributed by atoms with Gasteiger partial charge in [0, 0.05) is 24.0 Å². The zero-order valence-corrected chi connectivity index (χ0v) is 13.2. The van der Waals surface area contributed by atoms with Crippen molar-refractivity contribution in [2.45, 2.75) is 37.8 Å². The summed E-state index contributed by atoms with van der Waals surface area (Å²) in [4.78, 5) is 2.77. The molecule has 2 atom stereocenters. The molecule has 1 aliphatic carbocycles. The van der Waals surface area contributed by atoms with E-state index in [4.69, 9.17) is 10.3 Å². The van der Waals surface area contributed by atoms with E-state index in [9.17, 15) is 8.78 Å². The summed E-state index contributed by atoms with van der Waals surface area (Å²) in [6, 6.07) is 5.27. The lowest BCUT2D eigenvalue weighted by Gasteiger charge is -2.16. The summed E-state index contributed by atoms with van der Waals surface area (Å²) in [6.07, 6.45) is 3.08. The van der Waals surface area contributed by atoms with Gasteiger partial charge in [0.25, 0.3) is 0 Å². The molecule has 130 valence electrons. The molecule has 1 N–H and O–H groups in total.